The third-order valence-electron chi connectivity index (χ3n) is 8.54. The minimum Gasteiger partial charge on any atom is -0.363 e. The van der Waals surface area contributed by atoms with Crippen LogP contribution in [0.15, 0.2) is 0 Å². The number of likely N-dealkylation sites (tertiary alicyclic amines) is 1. The second kappa shape index (κ2) is 14.4. The van der Waals surface area contributed by atoms with Crippen LogP contribution in [-0.2, 0) is 29.0 Å². The fraction of sp³-hybridized carbons (Fsp3) is 0.833. The molecule has 1 aliphatic heterocycles. The Balaban J connectivity index is 2.25. The molecule has 0 radical (unpaired) electrons. The maximum atomic E-state index is 13.9. The SMILES string of the molecule is CCCCC(NC(=O)C1CCCN1C(=O)[C@@H](NC(=O)NC1(CS(=O)(=O)C(C)(C)C)CCCCC1)C(C)(C)C)C(=O)C(N)=O. The average molecular weight is 628 g/mol. The van der Waals surface area contributed by atoms with Gasteiger partial charge in [-0.05, 0) is 58.3 Å². The van der Waals surface area contributed by atoms with E-state index in [0.717, 1.165) is 25.7 Å². The first-order valence-corrected chi connectivity index (χ1v) is 17.2. The van der Waals surface area contributed by atoms with Gasteiger partial charge in [0.15, 0.2) is 9.84 Å². The first-order chi connectivity index (χ1) is 19.7. The summed E-state index contributed by atoms with van der Waals surface area (Å²) in [4.78, 5) is 66.0. The molecule has 2 aliphatic rings. The fourth-order valence-corrected chi connectivity index (χ4v) is 7.28. The number of amides is 5. The zero-order valence-corrected chi connectivity index (χ0v) is 27.8. The largest absolute Gasteiger partial charge is 0.363 e. The molecule has 1 saturated carbocycles. The lowest BCUT2D eigenvalue weighted by Gasteiger charge is -2.41. The summed E-state index contributed by atoms with van der Waals surface area (Å²) in [6.07, 6.45) is 6.05. The van der Waals surface area contributed by atoms with Crippen LogP contribution >= 0.6 is 0 Å². The topological polar surface area (TPSA) is 185 Å². The van der Waals surface area contributed by atoms with Gasteiger partial charge in [0.25, 0.3) is 5.91 Å². The smallest absolute Gasteiger partial charge is 0.315 e. The van der Waals surface area contributed by atoms with Crippen LogP contribution in [0, 0.1) is 5.41 Å². The van der Waals surface area contributed by atoms with Crippen LogP contribution in [0.1, 0.15) is 113 Å². The zero-order valence-electron chi connectivity index (χ0n) is 27.0. The molecular weight excluding hydrogens is 574 g/mol. The maximum Gasteiger partial charge on any atom is 0.315 e. The van der Waals surface area contributed by atoms with E-state index in [2.05, 4.69) is 16.0 Å². The van der Waals surface area contributed by atoms with Crippen molar-refractivity contribution in [3.05, 3.63) is 0 Å². The number of unbranched alkanes of at least 4 members (excludes halogenated alkanes) is 1. The van der Waals surface area contributed by atoms with Crippen LogP contribution in [0.3, 0.4) is 0 Å². The molecule has 0 aromatic carbocycles. The van der Waals surface area contributed by atoms with Crippen LogP contribution in [-0.4, -0.2) is 83.6 Å². The van der Waals surface area contributed by atoms with Gasteiger partial charge in [-0.3, -0.25) is 19.2 Å². The molecule has 1 aliphatic carbocycles. The van der Waals surface area contributed by atoms with Gasteiger partial charge in [0.2, 0.25) is 17.6 Å². The number of primary amides is 1. The van der Waals surface area contributed by atoms with E-state index in [-0.39, 0.29) is 18.7 Å². The molecule has 3 atom stereocenters. The van der Waals surface area contributed by atoms with Crippen molar-refractivity contribution < 1.29 is 32.4 Å². The van der Waals surface area contributed by atoms with E-state index in [1.165, 1.54) is 4.90 Å². The Morgan fingerprint density at radius 1 is 0.953 bits per heavy atom. The summed E-state index contributed by atoms with van der Waals surface area (Å²) in [5.41, 5.74) is 3.50. The lowest BCUT2D eigenvalue weighted by atomic mass is 9.83. The van der Waals surface area contributed by atoms with Crippen molar-refractivity contribution in [2.45, 2.75) is 141 Å². The molecule has 2 fully saturated rings. The van der Waals surface area contributed by atoms with Crippen LogP contribution in [0.25, 0.3) is 0 Å². The summed E-state index contributed by atoms with van der Waals surface area (Å²) in [6, 6.07) is -3.61. The van der Waals surface area contributed by atoms with Crippen molar-refractivity contribution in [3.8, 4) is 0 Å². The van der Waals surface area contributed by atoms with Crippen molar-refractivity contribution in [2.24, 2.45) is 11.1 Å². The third kappa shape index (κ3) is 9.64. The first-order valence-electron chi connectivity index (χ1n) is 15.5. The number of nitrogens with two attached hydrogens (primary N) is 1. The Hall–Kier alpha value is -2.70. The highest BCUT2D eigenvalue weighted by molar-refractivity contribution is 7.92. The summed E-state index contributed by atoms with van der Waals surface area (Å²) < 4.78 is 25.4. The number of carbonyl (C=O) groups excluding carboxylic acids is 5. The highest BCUT2D eigenvalue weighted by atomic mass is 32.2. The molecule has 1 saturated heterocycles. The van der Waals surface area contributed by atoms with Gasteiger partial charge in [0, 0.05) is 6.54 Å². The van der Waals surface area contributed by atoms with Gasteiger partial charge in [-0.15, -0.1) is 0 Å². The van der Waals surface area contributed by atoms with E-state index in [1.807, 2.05) is 6.92 Å². The van der Waals surface area contributed by atoms with Gasteiger partial charge in [-0.25, -0.2) is 13.2 Å². The number of urea groups is 1. The van der Waals surface area contributed by atoms with Crippen LogP contribution < -0.4 is 21.7 Å². The number of sulfone groups is 1. The van der Waals surface area contributed by atoms with E-state index >= 15 is 0 Å². The predicted molar refractivity (Wildman–Crippen MR) is 165 cm³/mol. The minimum absolute atomic E-state index is 0.192. The molecular formula is C30H53N5O7S. The summed E-state index contributed by atoms with van der Waals surface area (Å²) in [5.74, 6) is -3.20. The fourth-order valence-electron chi connectivity index (χ4n) is 5.76. The number of hydrogen-bond donors (Lipinski definition) is 4. The molecule has 43 heavy (non-hydrogen) atoms. The lowest BCUT2D eigenvalue weighted by molar-refractivity contribution is -0.143. The number of nitrogens with zero attached hydrogens (tertiary/aromatic N) is 1. The molecule has 2 unspecified atom stereocenters. The van der Waals surface area contributed by atoms with Crippen LogP contribution in [0.4, 0.5) is 4.79 Å². The third-order valence-corrected chi connectivity index (χ3v) is 11.3. The van der Waals surface area contributed by atoms with E-state index in [9.17, 15) is 32.4 Å². The monoisotopic (exact) mass is 627 g/mol. The van der Waals surface area contributed by atoms with Crippen molar-refractivity contribution in [2.75, 3.05) is 12.3 Å². The van der Waals surface area contributed by atoms with Gasteiger partial charge < -0.3 is 26.6 Å². The number of ketones is 1. The second-order valence-corrected chi connectivity index (χ2v) is 17.0. The molecule has 5 N–H and O–H groups in total. The Kier molecular flexibility index (Phi) is 12.2. The van der Waals surface area contributed by atoms with E-state index < -0.39 is 73.2 Å². The average Bonchev–Trinajstić information content (AvgIpc) is 3.38. The highest BCUT2D eigenvalue weighted by Crippen LogP contribution is 2.33. The Labute approximate surface area is 256 Å². The van der Waals surface area contributed by atoms with Crippen molar-refractivity contribution in [3.63, 3.8) is 0 Å². The van der Waals surface area contributed by atoms with Crippen LogP contribution in [0.2, 0.25) is 0 Å². The predicted octanol–water partition coefficient (Wildman–Crippen LogP) is 2.34. The zero-order chi connectivity index (χ0) is 32.8. The van der Waals surface area contributed by atoms with Crippen molar-refractivity contribution >= 4 is 39.4 Å². The number of carbonyl (C=O) groups is 5. The molecule has 2 rings (SSSR count). The highest BCUT2D eigenvalue weighted by Gasteiger charge is 2.45. The normalized spacial score (nSPS) is 20.5. The summed E-state index contributed by atoms with van der Waals surface area (Å²) in [7, 11) is -3.55. The van der Waals surface area contributed by atoms with Crippen molar-refractivity contribution in [1.82, 2.24) is 20.9 Å². The molecule has 1 heterocycles. The molecule has 0 bridgehead atoms. The van der Waals surface area contributed by atoms with E-state index in [0.29, 0.717) is 32.1 Å². The quantitative estimate of drug-likeness (QED) is 0.239. The Bertz CT molecular complexity index is 1150. The van der Waals surface area contributed by atoms with Crippen molar-refractivity contribution in [1.29, 1.82) is 0 Å². The Morgan fingerprint density at radius 2 is 1.56 bits per heavy atom. The number of nitrogens with one attached hydrogen (secondary N) is 3. The summed E-state index contributed by atoms with van der Waals surface area (Å²) in [5, 5.41) is 8.39. The van der Waals surface area contributed by atoms with E-state index in [4.69, 9.17) is 5.73 Å². The number of rotatable bonds is 12. The number of hydrogen-bond acceptors (Lipinski definition) is 7. The first kappa shape index (κ1) is 36.5. The van der Waals surface area contributed by atoms with Gasteiger partial charge >= 0.3 is 6.03 Å². The van der Waals surface area contributed by atoms with Gasteiger partial charge in [-0.2, -0.15) is 0 Å². The molecule has 13 heteroatoms. The van der Waals surface area contributed by atoms with Gasteiger partial charge in [-0.1, -0.05) is 59.8 Å². The number of Topliss-reactive ketones (excluding diaryl/α,β-unsaturated/α-hetero) is 1. The van der Waals surface area contributed by atoms with E-state index in [1.54, 1.807) is 41.5 Å². The molecule has 0 spiro atoms. The molecule has 0 aromatic rings. The second-order valence-electron chi connectivity index (χ2n) is 14.2. The molecule has 5 amide bonds. The maximum absolute atomic E-state index is 13.9. The minimum atomic E-state index is -3.55. The summed E-state index contributed by atoms with van der Waals surface area (Å²) in [6.45, 7) is 12.5. The van der Waals surface area contributed by atoms with Gasteiger partial charge in [0.05, 0.1) is 22.1 Å². The molecule has 0 aromatic heterocycles. The molecule has 246 valence electrons. The van der Waals surface area contributed by atoms with Gasteiger partial charge in [0.1, 0.15) is 12.1 Å². The van der Waals surface area contributed by atoms with Crippen LogP contribution in [0.5, 0.6) is 0 Å². The molecule has 12 nitrogen and oxygen atoms in total. The standard InChI is InChI=1S/C30H53N5O7S/c1-8-9-14-20(22(36)24(31)37)32-25(38)21-15-13-18-35(21)26(39)23(28(2,3)4)33-27(40)34-30(16-11-10-12-17-30)19-43(41,42)29(5,6)7/h20-21,23H,8-19H2,1-7H3,(H2,31,37)(H,32,38)(H2,33,34,40)/t20?,21?,23-/m1/s1. The summed E-state index contributed by atoms with van der Waals surface area (Å²) >= 11 is 0. The Morgan fingerprint density at radius 3 is 2.07 bits per heavy atom. The lowest BCUT2D eigenvalue weighted by Crippen LogP contribution is -2.63.